The lowest BCUT2D eigenvalue weighted by Gasteiger charge is -2.13. The number of nitrogens with zero attached hydrogens (tertiary/aromatic N) is 4. The molecule has 0 aliphatic rings. The minimum absolute atomic E-state index is 0.0747. The van der Waals surface area contributed by atoms with Crippen molar-refractivity contribution in [2.45, 2.75) is 62.5 Å². The molecule has 0 spiro atoms. The van der Waals surface area contributed by atoms with Gasteiger partial charge in [0.1, 0.15) is 95.7 Å². The van der Waals surface area contributed by atoms with Gasteiger partial charge in [0, 0.05) is 24.3 Å². The monoisotopic (exact) mass is 1780 g/mol. The van der Waals surface area contributed by atoms with Crippen LogP contribution in [0.15, 0.2) is 109 Å². The number of nitro benzene ring substituents is 4. The summed E-state index contributed by atoms with van der Waals surface area (Å²) in [5, 5.41) is 40.0. The fraction of sp³-hybridized carbons (Fsp3) is 0.172. The molecule has 0 unspecified atom stereocenters. The second-order valence-electron chi connectivity index (χ2n) is 19.7. The van der Waals surface area contributed by atoms with Crippen LogP contribution in [-0.2, 0) is 55.6 Å². The summed E-state index contributed by atoms with van der Waals surface area (Å²) in [4.78, 5) is 38.3. The first-order valence-electron chi connectivity index (χ1n) is 26.7. The normalized spacial score (nSPS) is 11.8. The second-order valence-corrected chi connectivity index (χ2v) is 21.3. The molecular formula is C58H21Cl4F39N4O8. The van der Waals surface area contributed by atoms with Crippen molar-refractivity contribution in [2.75, 3.05) is 0 Å². The maximum absolute atomic E-state index is 12.8. The zero-order chi connectivity index (χ0) is 88.9. The third-order valence-corrected chi connectivity index (χ3v) is 13.1. The van der Waals surface area contributed by atoms with Crippen LogP contribution in [0.3, 0.4) is 0 Å². The minimum atomic E-state index is -5.52. The number of hydrogen-bond donors (Lipinski definition) is 0. The van der Waals surface area contributed by atoms with Crippen molar-refractivity contribution in [2.24, 2.45) is 0 Å². The van der Waals surface area contributed by atoms with E-state index in [0.29, 0.717) is 30.3 Å². The van der Waals surface area contributed by atoms with Gasteiger partial charge in [-0.3, -0.25) is 40.5 Å². The highest BCUT2D eigenvalue weighted by Crippen LogP contribution is 2.45. The van der Waals surface area contributed by atoms with E-state index in [-0.39, 0.29) is 50.6 Å². The molecule has 113 heavy (non-hydrogen) atoms. The van der Waals surface area contributed by atoms with Gasteiger partial charge in [-0.2, -0.15) is 119 Å². The van der Waals surface area contributed by atoms with Crippen LogP contribution in [0.25, 0.3) is 0 Å². The molecular weight excluding hydrogens is 1760 g/mol. The molecule has 12 nitrogen and oxygen atoms in total. The summed E-state index contributed by atoms with van der Waals surface area (Å²) in [6, 6.07) is 5.82. The Morgan fingerprint density at radius 1 is 0.283 bits per heavy atom. The van der Waals surface area contributed by atoms with Gasteiger partial charge >= 0.3 is 67.0 Å². The number of non-ortho nitro benzene ring substituents is 1. The van der Waals surface area contributed by atoms with Gasteiger partial charge in [0.2, 0.25) is 0 Å². The lowest BCUT2D eigenvalue weighted by atomic mass is 10.1. The predicted molar refractivity (Wildman–Crippen MR) is 307 cm³/mol. The lowest BCUT2D eigenvalue weighted by Crippen LogP contribution is -2.17. The van der Waals surface area contributed by atoms with Crippen molar-refractivity contribution >= 4 is 69.2 Å². The number of halogens is 43. The molecule has 0 N–H and O–H groups in total. The Balaban J connectivity index is 0.000000647. The number of nitro groups is 4. The molecule has 0 saturated carbocycles. The highest BCUT2D eigenvalue weighted by atomic mass is 35.5. The third kappa shape index (κ3) is 29.7. The zero-order valence-corrected chi connectivity index (χ0v) is 55.2. The van der Waals surface area contributed by atoms with Crippen molar-refractivity contribution in [3.8, 4) is 0 Å². The van der Waals surface area contributed by atoms with Crippen molar-refractivity contribution in [3.63, 3.8) is 0 Å². The van der Waals surface area contributed by atoms with Gasteiger partial charge in [0.05, 0.1) is 53.1 Å². The van der Waals surface area contributed by atoms with E-state index in [1.807, 2.05) is 0 Å². The standard InChI is InChI=1S/3C8H2F8.C8H5F5.2C7H3F5.2C6H2Cl2N2O4/c9-5-1-3(7(11,12)13)6(10)2-4(5)8(14,15)16;9-4-1-3(7(11,12)13)2-5(10)6(4)8(14,15)16;9-4-2-1-3(7(11,12)13)6(10)5(4)8(14,15)16;1-4-2-5(9)3-6(7(4)10)8(11,12)13;8-4-1-2-5(6(9)3-4)7(10,11)12;8-4-2-1-3-5(9)6(4)7(10,11)12;7-4-1-3(9(11)12)2-5(8)6(4)10(13)14;7-3-1-2-4(9(11)12)5(8)6(3)10(13)14/h3*1-2H;2-3H,1H3;2*1-3H;2*1-2H. The van der Waals surface area contributed by atoms with E-state index in [4.69, 9.17) is 46.4 Å². The lowest BCUT2D eigenvalue weighted by molar-refractivity contribution is -0.393. The van der Waals surface area contributed by atoms with Crippen molar-refractivity contribution in [1.29, 1.82) is 0 Å². The maximum atomic E-state index is 12.8. The van der Waals surface area contributed by atoms with Gasteiger partial charge < -0.3 is 0 Å². The highest BCUT2D eigenvalue weighted by molar-refractivity contribution is 6.39. The SMILES string of the molecule is Cc1cc(F)cc(C(F)(F)F)c1F.Fc1cc(C(F)(F)F)c(F)cc1C(F)(F)F.Fc1cc(C(F)(F)F)cc(F)c1C(F)(F)F.Fc1ccc(C(F)(F)F)c(F)c1.Fc1ccc(C(F)(F)F)c(F)c1C(F)(F)F.Fc1cccc(F)c1C(F)(F)F.O=[N+]([O-])c1cc(Cl)c([N+](=O)[O-])c(Cl)c1.O=[N+]([O-])c1ccc(Cl)c([N+](=O)[O-])c1Cl. The molecule has 8 rings (SSSR count). The van der Waals surface area contributed by atoms with Crippen LogP contribution in [0.5, 0.6) is 0 Å². The Kier molecular flexibility index (Phi) is 34.4. The summed E-state index contributed by atoms with van der Waals surface area (Å²) in [5.74, 6) is -22.0. The summed E-state index contributed by atoms with van der Waals surface area (Å²) in [6.45, 7) is 1.08. The number of rotatable bonds is 4. The number of benzene rings is 8. The van der Waals surface area contributed by atoms with Crippen molar-refractivity contribution < 1.29 is 191 Å². The molecule has 0 bridgehead atoms. The van der Waals surface area contributed by atoms with E-state index < -0.39 is 242 Å². The van der Waals surface area contributed by atoms with Gasteiger partial charge in [-0.15, -0.1) is 0 Å². The molecule has 55 heteroatoms. The summed E-state index contributed by atoms with van der Waals surface area (Å²) in [5.41, 5.74) is -20.3. The molecule has 0 fully saturated rings. The summed E-state index contributed by atoms with van der Waals surface area (Å²) >= 11 is 21.8. The van der Waals surface area contributed by atoms with Crippen LogP contribution >= 0.6 is 46.4 Å². The Morgan fingerprint density at radius 3 is 0.973 bits per heavy atom. The van der Waals surface area contributed by atoms with Gasteiger partial charge in [-0.1, -0.05) is 52.5 Å². The Morgan fingerprint density at radius 2 is 0.646 bits per heavy atom. The van der Waals surface area contributed by atoms with Crippen LogP contribution in [-0.4, -0.2) is 19.7 Å². The fourth-order valence-corrected chi connectivity index (χ4v) is 8.30. The molecule has 0 saturated heterocycles. The van der Waals surface area contributed by atoms with Crippen LogP contribution in [0.4, 0.5) is 194 Å². The summed E-state index contributed by atoms with van der Waals surface area (Å²) < 4.78 is 473. The fourth-order valence-electron chi connectivity index (χ4n) is 7.11. The van der Waals surface area contributed by atoms with Gasteiger partial charge in [-0.05, 0) is 91.3 Å². The van der Waals surface area contributed by atoms with Gasteiger partial charge in [0.25, 0.3) is 11.4 Å². The highest BCUT2D eigenvalue weighted by Gasteiger charge is 2.46. The number of aryl methyl sites for hydroxylation is 1. The molecule has 0 atom stereocenters. The first-order chi connectivity index (χ1) is 50.6. The van der Waals surface area contributed by atoms with Crippen molar-refractivity contribution in [3.05, 3.63) is 295 Å². The van der Waals surface area contributed by atoms with Crippen LogP contribution in [0.2, 0.25) is 20.1 Å². The van der Waals surface area contributed by atoms with Gasteiger partial charge in [-0.25, -0.2) is 52.7 Å². The second kappa shape index (κ2) is 38.5. The van der Waals surface area contributed by atoms with Crippen LogP contribution in [0.1, 0.15) is 55.6 Å². The first kappa shape index (κ1) is 101. The first-order valence-corrected chi connectivity index (χ1v) is 28.2. The third-order valence-electron chi connectivity index (χ3n) is 11.8. The van der Waals surface area contributed by atoms with E-state index in [9.17, 15) is 212 Å². The van der Waals surface area contributed by atoms with Crippen LogP contribution < -0.4 is 0 Å². The molecule has 0 aliphatic heterocycles. The molecule has 0 radical (unpaired) electrons. The quantitative estimate of drug-likeness (QED) is 0.0951. The molecule has 0 aliphatic carbocycles. The summed E-state index contributed by atoms with van der Waals surface area (Å²) in [7, 11) is 0. The average molecular weight is 1780 g/mol. The van der Waals surface area contributed by atoms with Gasteiger partial charge in [0.15, 0.2) is 10.8 Å². The minimum Gasteiger partial charge on any atom is -0.258 e. The molecule has 8 aromatic carbocycles. The van der Waals surface area contributed by atoms with E-state index >= 15 is 0 Å². The molecule has 0 amide bonds. The predicted octanol–water partition coefficient (Wildman–Crippen LogP) is 26.9. The van der Waals surface area contributed by atoms with Crippen LogP contribution in [0, 0.1) is 117 Å². The Bertz CT molecular complexity index is 4640. The molecule has 0 heterocycles. The van der Waals surface area contributed by atoms with E-state index in [2.05, 4.69) is 0 Å². The number of alkyl halides is 27. The van der Waals surface area contributed by atoms with E-state index in [0.717, 1.165) is 37.3 Å². The maximum Gasteiger partial charge on any atom is 0.422 e. The van der Waals surface area contributed by atoms with E-state index in [1.54, 1.807) is 0 Å². The Hall–Kier alpha value is -10.2. The smallest absolute Gasteiger partial charge is 0.258 e. The zero-order valence-electron chi connectivity index (χ0n) is 52.2. The average Bonchev–Trinajstić information content (AvgIpc) is 0.722. The molecule has 622 valence electrons. The Labute approximate surface area is 616 Å². The molecule has 8 aromatic rings. The van der Waals surface area contributed by atoms with Crippen molar-refractivity contribution in [1.82, 2.24) is 0 Å². The molecule has 0 aromatic heterocycles. The number of hydrogen-bond acceptors (Lipinski definition) is 8. The topological polar surface area (TPSA) is 173 Å². The largest absolute Gasteiger partial charge is 0.422 e. The van der Waals surface area contributed by atoms with E-state index in [1.165, 1.54) is 0 Å². The summed E-state index contributed by atoms with van der Waals surface area (Å²) in [6.07, 6.45) is -46.4.